The van der Waals surface area contributed by atoms with Gasteiger partial charge < -0.3 is 10.6 Å². The highest BCUT2D eigenvalue weighted by molar-refractivity contribution is 7.13. The molecule has 2 unspecified atom stereocenters. The van der Waals surface area contributed by atoms with E-state index in [0.29, 0.717) is 12.3 Å². The minimum atomic E-state index is 0.0636. The number of aromatic nitrogens is 1. The summed E-state index contributed by atoms with van der Waals surface area (Å²) in [7, 11) is 0. The number of nitrogens with zero attached hydrogens (tertiary/aromatic N) is 1. The zero-order valence-corrected chi connectivity index (χ0v) is 15.2. The molecule has 4 nitrogen and oxygen atoms in total. The molecule has 0 aliphatic carbocycles. The molecule has 0 radical (unpaired) electrons. The lowest BCUT2D eigenvalue weighted by Crippen LogP contribution is -2.50. The monoisotopic (exact) mass is 343 g/mol. The minimum Gasteiger partial charge on any atom is -0.351 e. The van der Waals surface area contributed by atoms with Crippen molar-refractivity contribution in [1.29, 1.82) is 0 Å². The maximum atomic E-state index is 12.3. The molecule has 5 heteroatoms. The number of thiazole rings is 1. The van der Waals surface area contributed by atoms with Crippen molar-refractivity contribution in [2.75, 3.05) is 13.1 Å². The normalized spacial score (nSPS) is 20.8. The summed E-state index contributed by atoms with van der Waals surface area (Å²) in [6.45, 7) is 6.25. The zero-order chi connectivity index (χ0) is 16.9. The molecule has 0 spiro atoms. The number of carbonyl (C=O) groups is 1. The van der Waals surface area contributed by atoms with Gasteiger partial charge in [-0.05, 0) is 30.9 Å². The van der Waals surface area contributed by atoms with Crippen molar-refractivity contribution >= 4 is 17.2 Å². The topological polar surface area (TPSA) is 54.0 Å². The minimum absolute atomic E-state index is 0.0636. The SMILES string of the molecule is CCc1ccc(-c2nc(CC(=O)NC3CNCCC3C)cs2)cc1. The lowest BCUT2D eigenvalue weighted by atomic mass is 9.95. The van der Waals surface area contributed by atoms with Crippen LogP contribution in [0.15, 0.2) is 29.6 Å². The fourth-order valence-corrected chi connectivity index (χ4v) is 3.83. The molecule has 1 aromatic carbocycles. The molecule has 1 aliphatic heterocycles. The van der Waals surface area contributed by atoms with Crippen LogP contribution in [0.5, 0.6) is 0 Å². The number of nitrogens with one attached hydrogen (secondary N) is 2. The van der Waals surface area contributed by atoms with Crippen LogP contribution in [0.4, 0.5) is 0 Å². The van der Waals surface area contributed by atoms with Crippen LogP contribution in [-0.4, -0.2) is 30.0 Å². The number of hydrogen-bond acceptors (Lipinski definition) is 4. The second-order valence-electron chi connectivity index (χ2n) is 6.52. The Hall–Kier alpha value is -1.72. The van der Waals surface area contributed by atoms with Gasteiger partial charge >= 0.3 is 0 Å². The highest BCUT2D eigenvalue weighted by Gasteiger charge is 2.22. The second-order valence-corrected chi connectivity index (χ2v) is 7.37. The average Bonchev–Trinajstić information content (AvgIpc) is 3.05. The Balaban J connectivity index is 1.59. The van der Waals surface area contributed by atoms with Gasteiger partial charge in [-0.2, -0.15) is 0 Å². The third kappa shape index (κ3) is 4.22. The molecule has 2 atom stereocenters. The van der Waals surface area contributed by atoms with Crippen molar-refractivity contribution < 1.29 is 4.79 Å². The van der Waals surface area contributed by atoms with Gasteiger partial charge in [0.1, 0.15) is 5.01 Å². The van der Waals surface area contributed by atoms with Gasteiger partial charge in [0, 0.05) is 23.5 Å². The van der Waals surface area contributed by atoms with Gasteiger partial charge in [0.2, 0.25) is 5.91 Å². The molecular weight excluding hydrogens is 318 g/mol. The predicted molar refractivity (Wildman–Crippen MR) is 99.2 cm³/mol. The van der Waals surface area contributed by atoms with Gasteiger partial charge in [-0.1, -0.05) is 38.1 Å². The highest BCUT2D eigenvalue weighted by atomic mass is 32.1. The summed E-state index contributed by atoms with van der Waals surface area (Å²) in [5, 5.41) is 9.46. The van der Waals surface area contributed by atoms with Crippen molar-refractivity contribution in [3.8, 4) is 10.6 Å². The van der Waals surface area contributed by atoms with Crippen LogP contribution >= 0.6 is 11.3 Å². The predicted octanol–water partition coefficient (Wildman–Crippen LogP) is 3.03. The lowest BCUT2D eigenvalue weighted by Gasteiger charge is -2.30. The maximum Gasteiger partial charge on any atom is 0.226 e. The lowest BCUT2D eigenvalue weighted by molar-refractivity contribution is -0.121. The van der Waals surface area contributed by atoms with E-state index in [0.717, 1.165) is 42.2 Å². The van der Waals surface area contributed by atoms with E-state index < -0.39 is 0 Å². The maximum absolute atomic E-state index is 12.3. The Morgan fingerprint density at radius 1 is 1.38 bits per heavy atom. The molecular formula is C19H25N3OS. The Morgan fingerprint density at radius 2 is 2.17 bits per heavy atom. The van der Waals surface area contributed by atoms with Crippen LogP contribution in [0.25, 0.3) is 10.6 Å². The van der Waals surface area contributed by atoms with E-state index in [1.54, 1.807) is 11.3 Å². The van der Waals surface area contributed by atoms with Crippen molar-refractivity contribution in [3.05, 3.63) is 40.9 Å². The van der Waals surface area contributed by atoms with Gasteiger partial charge in [-0.15, -0.1) is 11.3 Å². The highest BCUT2D eigenvalue weighted by Crippen LogP contribution is 2.24. The molecule has 1 aromatic heterocycles. The number of piperidine rings is 1. The summed E-state index contributed by atoms with van der Waals surface area (Å²) in [6, 6.07) is 8.72. The van der Waals surface area contributed by atoms with Crippen LogP contribution < -0.4 is 10.6 Å². The zero-order valence-electron chi connectivity index (χ0n) is 14.3. The molecule has 2 aromatic rings. The number of aryl methyl sites for hydroxylation is 1. The number of hydrogen-bond donors (Lipinski definition) is 2. The van der Waals surface area contributed by atoms with Crippen molar-refractivity contribution in [1.82, 2.24) is 15.6 Å². The quantitative estimate of drug-likeness (QED) is 0.877. The Kier molecular flexibility index (Phi) is 5.63. The largest absolute Gasteiger partial charge is 0.351 e. The van der Waals surface area contributed by atoms with E-state index in [1.165, 1.54) is 5.56 Å². The van der Waals surface area contributed by atoms with Crippen molar-refractivity contribution in [3.63, 3.8) is 0 Å². The summed E-state index contributed by atoms with van der Waals surface area (Å²) in [5.41, 5.74) is 3.29. The summed E-state index contributed by atoms with van der Waals surface area (Å²) in [5.74, 6) is 0.590. The first-order chi connectivity index (χ1) is 11.7. The fraction of sp³-hybridized carbons (Fsp3) is 0.474. The molecule has 0 bridgehead atoms. The summed E-state index contributed by atoms with van der Waals surface area (Å²) in [6.07, 6.45) is 2.50. The van der Waals surface area contributed by atoms with Crippen LogP contribution in [-0.2, 0) is 17.6 Å². The van der Waals surface area contributed by atoms with Gasteiger partial charge in [-0.3, -0.25) is 4.79 Å². The average molecular weight is 343 g/mol. The van der Waals surface area contributed by atoms with Crippen molar-refractivity contribution in [2.45, 2.75) is 39.2 Å². The first-order valence-corrected chi connectivity index (χ1v) is 9.57. The first-order valence-electron chi connectivity index (χ1n) is 8.69. The molecule has 1 fully saturated rings. The van der Waals surface area contributed by atoms with E-state index in [4.69, 9.17) is 0 Å². The number of rotatable bonds is 5. The van der Waals surface area contributed by atoms with Crippen molar-refractivity contribution in [2.24, 2.45) is 5.92 Å². The molecule has 128 valence electrons. The molecule has 24 heavy (non-hydrogen) atoms. The number of benzene rings is 1. The molecule has 1 aliphatic rings. The van der Waals surface area contributed by atoms with E-state index in [9.17, 15) is 4.79 Å². The molecule has 2 N–H and O–H groups in total. The van der Waals surface area contributed by atoms with Gasteiger partial charge in [-0.25, -0.2) is 4.98 Å². The third-order valence-electron chi connectivity index (χ3n) is 4.68. The molecule has 3 rings (SSSR count). The Morgan fingerprint density at radius 3 is 2.88 bits per heavy atom. The molecule has 0 saturated carbocycles. The summed E-state index contributed by atoms with van der Waals surface area (Å²) in [4.78, 5) is 16.9. The van der Waals surface area contributed by atoms with E-state index >= 15 is 0 Å². The summed E-state index contributed by atoms with van der Waals surface area (Å²) >= 11 is 1.60. The van der Waals surface area contributed by atoms with E-state index in [2.05, 4.69) is 53.7 Å². The van der Waals surface area contributed by atoms with E-state index in [1.807, 2.05) is 5.38 Å². The third-order valence-corrected chi connectivity index (χ3v) is 5.62. The van der Waals surface area contributed by atoms with Crippen LogP contribution in [0.2, 0.25) is 0 Å². The van der Waals surface area contributed by atoms with Crippen LogP contribution in [0.1, 0.15) is 31.5 Å². The van der Waals surface area contributed by atoms with Gasteiger partial charge in [0.15, 0.2) is 0 Å². The fourth-order valence-electron chi connectivity index (χ4n) is 3.01. The second kappa shape index (κ2) is 7.90. The van der Waals surface area contributed by atoms with Crippen LogP contribution in [0, 0.1) is 5.92 Å². The van der Waals surface area contributed by atoms with Crippen LogP contribution in [0.3, 0.4) is 0 Å². The molecule has 1 amide bonds. The molecule has 2 heterocycles. The summed E-state index contributed by atoms with van der Waals surface area (Å²) < 4.78 is 0. The Labute approximate surface area is 147 Å². The number of amides is 1. The van der Waals surface area contributed by atoms with Gasteiger partial charge in [0.25, 0.3) is 0 Å². The molecule has 1 saturated heterocycles. The smallest absolute Gasteiger partial charge is 0.226 e. The van der Waals surface area contributed by atoms with E-state index in [-0.39, 0.29) is 11.9 Å². The van der Waals surface area contributed by atoms with Gasteiger partial charge in [0.05, 0.1) is 12.1 Å². The number of carbonyl (C=O) groups excluding carboxylic acids is 1. The first kappa shape index (κ1) is 17.1. The Bertz CT molecular complexity index is 680. The standard InChI is InChI=1S/C19H25N3OS/c1-3-14-4-6-15(7-5-14)19-21-16(12-24-19)10-18(23)22-17-11-20-9-8-13(17)2/h4-7,12-13,17,20H,3,8-11H2,1-2H3,(H,22,23).